The molecule has 0 bridgehead atoms. The number of hydrogen-bond donors (Lipinski definition) is 4. The van der Waals surface area contributed by atoms with Gasteiger partial charge in [0.2, 0.25) is 0 Å². The third-order valence-corrected chi connectivity index (χ3v) is 3.13. The molecule has 1 aliphatic carbocycles. The second-order valence-electron chi connectivity index (χ2n) is 4.38. The van der Waals surface area contributed by atoms with E-state index in [0.29, 0.717) is 5.56 Å². The van der Waals surface area contributed by atoms with Crippen molar-refractivity contribution in [2.45, 2.75) is 30.5 Å². The molecule has 5 nitrogen and oxygen atoms in total. The highest BCUT2D eigenvalue weighted by atomic mass is 16.8. The van der Waals surface area contributed by atoms with Gasteiger partial charge in [-0.3, -0.25) is 0 Å². The third-order valence-electron chi connectivity index (χ3n) is 3.13. The van der Waals surface area contributed by atoms with Crippen LogP contribution in [0.25, 0.3) is 0 Å². The third kappa shape index (κ3) is 1.14. The Bertz CT molecular complexity index is 448. The smallest absolute Gasteiger partial charge is 0.384 e. The zero-order valence-electron chi connectivity index (χ0n) is 8.42. The van der Waals surface area contributed by atoms with Crippen LogP contribution in [0.5, 0.6) is 5.75 Å². The van der Waals surface area contributed by atoms with Crippen LogP contribution in [-0.4, -0.2) is 26.4 Å². The van der Waals surface area contributed by atoms with Gasteiger partial charge in [0, 0.05) is 0 Å². The maximum atomic E-state index is 9.76. The van der Waals surface area contributed by atoms with Crippen molar-refractivity contribution in [3.63, 3.8) is 0 Å². The molecule has 86 valence electrons. The lowest BCUT2D eigenvalue weighted by atomic mass is 9.96. The topological polar surface area (TPSA) is 90.2 Å². The van der Waals surface area contributed by atoms with Gasteiger partial charge in [0.25, 0.3) is 5.79 Å². The van der Waals surface area contributed by atoms with E-state index in [9.17, 15) is 20.4 Å². The van der Waals surface area contributed by atoms with Gasteiger partial charge in [-0.05, 0) is 30.4 Å². The molecular formula is C11H12O5. The summed E-state index contributed by atoms with van der Waals surface area (Å²) in [5.41, 5.74) is 0.787. The largest absolute Gasteiger partial charge is 0.434 e. The summed E-state index contributed by atoms with van der Waals surface area (Å²) in [6.45, 7) is 0. The van der Waals surface area contributed by atoms with Crippen LogP contribution in [0.1, 0.15) is 29.9 Å². The fraction of sp³-hybridized carbons (Fsp3) is 0.455. The van der Waals surface area contributed by atoms with Crippen molar-refractivity contribution in [3.8, 4) is 5.75 Å². The molecule has 0 spiro atoms. The molecule has 16 heavy (non-hydrogen) atoms. The average Bonchev–Trinajstić information content (AvgIpc) is 2.96. The van der Waals surface area contributed by atoms with Gasteiger partial charge in [-0.2, -0.15) is 0 Å². The van der Waals surface area contributed by atoms with Crippen LogP contribution >= 0.6 is 0 Å². The highest BCUT2D eigenvalue weighted by molar-refractivity contribution is 5.49. The van der Waals surface area contributed by atoms with Gasteiger partial charge in [0.15, 0.2) is 0 Å². The lowest BCUT2D eigenvalue weighted by Gasteiger charge is -2.26. The Balaban J connectivity index is 2.20. The molecule has 1 aromatic carbocycles. The highest BCUT2D eigenvalue weighted by Gasteiger charge is 2.60. The van der Waals surface area contributed by atoms with Crippen molar-refractivity contribution in [3.05, 3.63) is 29.3 Å². The van der Waals surface area contributed by atoms with E-state index in [1.807, 2.05) is 0 Å². The van der Waals surface area contributed by atoms with Gasteiger partial charge in [0.05, 0.1) is 5.56 Å². The Labute approximate surface area is 91.5 Å². The molecule has 0 amide bonds. The first-order valence-electron chi connectivity index (χ1n) is 5.15. The van der Waals surface area contributed by atoms with Crippen LogP contribution in [-0.2, 0) is 5.79 Å². The Kier molecular flexibility index (Phi) is 1.73. The number of hydrogen-bond acceptors (Lipinski definition) is 5. The molecule has 5 heteroatoms. The predicted molar refractivity (Wildman–Crippen MR) is 52.3 cm³/mol. The molecule has 1 aromatic rings. The summed E-state index contributed by atoms with van der Waals surface area (Å²) in [7, 11) is 0. The number of aliphatic hydroxyl groups is 4. The lowest BCUT2D eigenvalue weighted by molar-refractivity contribution is -0.426. The summed E-state index contributed by atoms with van der Waals surface area (Å²) in [5, 5.41) is 38.3. The van der Waals surface area contributed by atoms with Crippen LogP contribution in [0.2, 0.25) is 0 Å². The molecule has 4 N–H and O–H groups in total. The molecule has 0 aromatic heterocycles. The van der Waals surface area contributed by atoms with Crippen LogP contribution in [0.15, 0.2) is 18.2 Å². The van der Waals surface area contributed by atoms with E-state index in [-0.39, 0.29) is 17.2 Å². The number of fused-ring (bicyclic) bond motifs is 1. The van der Waals surface area contributed by atoms with Crippen molar-refractivity contribution in [1.82, 2.24) is 0 Å². The van der Waals surface area contributed by atoms with E-state index in [0.717, 1.165) is 12.8 Å². The van der Waals surface area contributed by atoms with E-state index in [4.69, 9.17) is 4.74 Å². The molecule has 1 fully saturated rings. The normalized spacial score (nSPS) is 25.0. The highest BCUT2D eigenvalue weighted by Crippen LogP contribution is 2.51. The Morgan fingerprint density at radius 1 is 1.12 bits per heavy atom. The Hall–Kier alpha value is -1.14. The standard InChI is InChI=1S/C11H12O5/c12-10(13)9-7(6-4-5-6)2-1-3-8(9)16-11(10,14)15/h1-3,6,12-15H,4-5H2. The Morgan fingerprint density at radius 3 is 2.44 bits per heavy atom. The Morgan fingerprint density at radius 2 is 1.81 bits per heavy atom. The van der Waals surface area contributed by atoms with E-state index < -0.39 is 11.8 Å². The average molecular weight is 224 g/mol. The van der Waals surface area contributed by atoms with Crippen LogP contribution in [0, 0.1) is 0 Å². The molecule has 1 saturated carbocycles. The first-order valence-corrected chi connectivity index (χ1v) is 5.15. The van der Waals surface area contributed by atoms with Gasteiger partial charge in [0.1, 0.15) is 5.75 Å². The van der Waals surface area contributed by atoms with Crippen LogP contribution < -0.4 is 4.74 Å². The van der Waals surface area contributed by atoms with Crippen molar-refractivity contribution in [2.75, 3.05) is 0 Å². The summed E-state index contributed by atoms with van der Waals surface area (Å²) in [6, 6.07) is 4.93. The maximum Gasteiger partial charge on any atom is 0.384 e. The van der Waals surface area contributed by atoms with Crippen LogP contribution in [0.3, 0.4) is 0 Å². The minimum absolute atomic E-state index is 0.0718. The van der Waals surface area contributed by atoms with Crippen molar-refractivity contribution >= 4 is 0 Å². The fourth-order valence-corrected chi connectivity index (χ4v) is 2.13. The molecule has 1 aliphatic heterocycles. The number of benzene rings is 1. The molecule has 2 aliphatic rings. The molecule has 0 atom stereocenters. The van der Waals surface area contributed by atoms with Gasteiger partial charge >= 0.3 is 5.97 Å². The second kappa shape index (κ2) is 2.75. The zero-order valence-corrected chi connectivity index (χ0v) is 8.42. The van der Waals surface area contributed by atoms with E-state index in [2.05, 4.69) is 0 Å². The minimum Gasteiger partial charge on any atom is -0.434 e. The molecule has 0 unspecified atom stereocenters. The van der Waals surface area contributed by atoms with E-state index in [1.165, 1.54) is 6.07 Å². The summed E-state index contributed by atoms with van der Waals surface area (Å²) < 4.78 is 4.74. The van der Waals surface area contributed by atoms with Crippen molar-refractivity contribution in [1.29, 1.82) is 0 Å². The summed E-state index contributed by atoms with van der Waals surface area (Å²) in [5.74, 6) is -5.40. The summed E-state index contributed by atoms with van der Waals surface area (Å²) >= 11 is 0. The van der Waals surface area contributed by atoms with Gasteiger partial charge in [-0.25, -0.2) is 0 Å². The molecule has 0 saturated heterocycles. The quantitative estimate of drug-likeness (QED) is 0.493. The zero-order chi connectivity index (χ0) is 11.6. The molecule has 3 rings (SSSR count). The number of ether oxygens (including phenoxy) is 1. The van der Waals surface area contributed by atoms with E-state index in [1.54, 1.807) is 12.1 Å². The van der Waals surface area contributed by atoms with Gasteiger partial charge in [-0.1, -0.05) is 12.1 Å². The fourth-order valence-electron chi connectivity index (χ4n) is 2.13. The van der Waals surface area contributed by atoms with Gasteiger partial charge < -0.3 is 25.2 Å². The first kappa shape index (κ1) is 10.0. The van der Waals surface area contributed by atoms with Crippen LogP contribution in [0.4, 0.5) is 0 Å². The predicted octanol–water partition coefficient (Wildman–Crippen LogP) is -0.268. The molecule has 1 heterocycles. The molecular weight excluding hydrogens is 212 g/mol. The minimum atomic E-state index is -2.99. The monoisotopic (exact) mass is 224 g/mol. The SMILES string of the molecule is OC1(O)Oc2cccc(C3CC3)c2C1(O)O. The summed E-state index contributed by atoms with van der Waals surface area (Å²) in [6.07, 6.45) is 1.94. The maximum absolute atomic E-state index is 9.76. The molecule has 0 radical (unpaired) electrons. The lowest BCUT2D eigenvalue weighted by Crippen LogP contribution is -2.51. The second-order valence-corrected chi connectivity index (χ2v) is 4.38. The van der Waals surface area contributed by atoms with Gasteiger partial charge in [-0.15, -0.1) is 0 Å². The number of rotatable bonds is 1. The van der Waals surface area contributed by atoms with E-state index >= 15 is 0 Å². The van der Waals surface area contributed by atoms with Crippen molar-refractivity contribution in [2.24, 2.45) is 0 Å². The van der Waals surface area contributed by atoms with Crippen molar-refractivity contribution < 1.29 is 25.2 Å². The first-order chi connectivity index (χ1) is 7.43. The summed E-state index contributed by atoms with van der Waals surface area (Å²) in [4.78, 5) is 0.